The molecular formula is C14H22O12. The van der Waals surface area contributed by atoms with Gasteiger partial charge in [-0.1, -0.05) is 12.8 Å². The van der Waals surface area contributed by atoms with Gasteiger partial charge in [-0.05, 0) is 12.8 Å². The predicted molar refractivity (Wildman–Crippen MR) is 80.5 cm³/mol. The molecule has 0 rings (SSSR count). The lowest BCUT2D eigenvalue weighted by atomic mass is 10.2. The fourth-order valence-electron chi connectivity index (χ4n) is 1.83. The Morgan fingerprint density at radius 3 is 1.12 bits per heavy atom. The molecule has 0 aliphatic heterocycles. The van der Waals surface area contributed by atoms with Crippen molar-refractivity contribution in [3.8, 4) is 0 Å². The predicted octanol–water partition coefficient (Wildman–Crippen LogP) is -1.62. The van der Waals surface area contributed by atoms with Crippen molar-refractivity contribution in [3.05, 3.63) is 0 Å². The SMILES string of the molecule is O=C(O)C(O)C(OCCCCCCOC(C(=O)O)C(O)C(=O)O)C(=O)O. The average Bonchev–Trinajstić information content (AvgIpc) is 2.54. The quantitative estimate of drug-likeness (QED) is 0.177. The van der Waals surface area contributed by atoms with E-state index in [2.05, 4.69) is 0 Å². The molecule has 6 N–H and O–H groups in total. The van der Waals surface area contributed by atoms with Gasteiger partial charge in [0.2, 0.25) is 0 Å². The molecule has 0 saturated carbocycles. The first-order valence-electron chi connectivity index (χ1n) is 7.60. The number of aliphatic hydroxyl groups is 2. The van der Waals surface area contributed by atoms with Gasteiger partial charge in [-0.15, -0.1) is 0 Å². The summed E-state index contributed by atoms with van der Waals surface area (Å²) in [4.78, 5) is 42.7. The smallest absolute Gasteiger partial charge is 0.336 e. The van der Waals surface area contributed by atoms with E-state index in [1.165, 1.54) is 0 Å². The van der Waals surface area contributed by atoms with E-state index in [0.717, 1.165) is 0 Å². The van der Waals surface area contributed by atoms with E-state index in [4.69, 9.17) is 29.9 Å². The zero-order chi connectivity index (χ0) is 20.3. The normalized spacial score (nSPS) is 15.6. The summed E-state index contributed by atoms with van der Waals surface area (Å²) in [5, 5.41) is 53.0. The summed E-state index contributed by atoms with van der Waals surface area (Å²) in [6, 6.07) is 0. The van der Waals surface area contributed by atoms with Crippen molar-refractivity contribution >= 4 is 23.9 Å². The number of unbranched alkanes of at least 4 members (excludes halogenated alkanes) is 3. The lowest BCUT2D eigenvalue weighted by Crippen LogP contribution is -2.42. The Morgan fingerprint density at radius 2 is 0.885 bits per heavy atom. The molecule has 0 heterocycles. The molecule has 0 bridgehead atoms. The average molecular weight is 382 g/mol. The fourth-order valence-corrected chi connectivity index (χ4v) is 1.83. The maximum Gasteiger partial charge on any atom is 0.336 e. The lowest BCUT2D eigenvalue weighted by Gasteiger charge is -2.17. The van der Waals surface area contributed by atoms with Gasteiger partial charge < -0.3 is 40.1 Å². The van der Waals surface area contributed by atoms with Crippen LogP contribution in [-0.2, 0) is 28.7 Å². The second kappa shape index (κ2) is 12.1. The van der Waals surface area contributed by atoms with E-state index in [9.17, 15) is 29.4 Å². The second-order valence-corrected chi connectivity index (χ2v) is 5.24. The molecule has 0 aromatic carbocycles. The molecule has 0 fully saturated rings. The molecule has 0 radical (unpaired) electrons. The maximum atomic E-state index is 10.8. The maximum absolute atomic E-state index is 10.8. The van der Waals surface area contributed by atoms with E-state index in [1.54, 1.807) is 0 Å². The largest absolute Gasteiger partial charge is 0.479 e. The van der Waals surface area contributed by atoms with Gasteiger partial charge in [-0.2, -0.15) is 0 Å². The molecule has 0 spiro atoms. The molecule has 0 aromatic rings. The third-order valence-corrected chi connectivity index (χ3v) is 3.20. The van der Waals surface area contributed by atoms with Crippen LogP contribution >= 0.6 is 0 Å². The minimum Gasteiger partial charge on any atom is -0.479 e. The van der Waals surface area contributed by atoms with Crippen molar-refractivity contribution in [2.24, 2.45) is 0 Å². The van der Waals surface area contributed by atoms with Gasteiger partial charge in [0.15, 0.2) is 24.4 Å². The first kappa shape index (κ1) is 23.7. The molecule has 0 aromatic heterocycles. The van der Waals surface area contributed by atoms with E-state index < -0.39 is 48.3 Å². The van der Waals surface area contributed by atoms with Crippen LogP contribution < -0.4 is 0 Å². The van der Waals surface area contributed by atoms with Crippen LogP contribution in [0.4, 0.5) is 0 Å². The topological polar surface area (TPSA) is 208 Å². The summed E-state index contributed by atoms with van der Waals surface area (Å²) >= 11 is 0. The highest BCUT2D eigenvalue weighted by Gasteiger charge is 2.33. The van der Waals surface area contributed by atoms with Crippen molar-refractivity contribution in [2.75, 3.05) is 13.2 Å². The first-order valence-corrected chi connectivity index (χ1v) is 7.60. The summed E-state index contributed by atoms with van der Waals surface area (Å²) in [6.07, 6.45) is -6.46. The van der Waals surface area contributed by atoms with Gasteiger partial charge in [0.1, 0.15) is 0 Å². The number of carboxylic acids is 4. The fraction of sp³-hybridized carbons (Fsp3) is 0.714. The Morgan fingerprint density at radius 1 is 0.577 bits per heavy atom. The zero-order valence-electron chi connectivity index (χ0n) is 13.7. The number of carbonyl (C=O) groups is 4. The van der Waals surface area contributed by atoms with Crippen LogP contribution in [0.3, 0.4) is 0 Å². The third-order valence-electron chi connectivity index (χ3n) is 3.20. The van der Waals surface area contributed by atoms with Crippen molar-refractivity contribution in [2.45, 2.75) is 50.1 Å². The summed E-state index contributed by atoms with van der Waals surface area (Å²) in [5.74, 6) is -6.65. The molecule has 12 heteroatoms. The molecule has 12 nitrogen and oxygen atoms in total. The van der Waals surface area contributed by atoms with Crippen LogP contribution in [0.15, 0.2) is 0 Å². The molecule has 4 atom stereocenters. The van der Waals surface area contributed by atoms with E-state index >= 15 is 0 Å². The van der Waals surface area contributed by atoms with E-state index in [-0.39, 0.29) is 13.2 Å². The number of rotatable bonds is 15. The Balaban J connectivity index is 4.00. The Bertz CT molecular complexity index is 446. The van der Waals surface area contributed by atoms with E-state index in [1.807, 2.05) is 0 Å². The molecule has 0 aliphatic carbocycles. The Kier molecular flexibility index (Phi) is 11.1. The molecule has 4 unspecified atom stereocenters. The number of aliphatic carboxylic acids is 4. The molecule has 26 heavy (non-hydrogen) atoms. The van der Waals surface area contributed by atoms with Crippen molar-refractivity contribution in [1.29, 1.82) is 0 Å². The van der Waals surface area contributed by atoms with Gasteiger partial charge in [-0.3, -0.25) is 0 Å². The van der Waals surface area contributed by atoms with Crippen LogP contribution in [0.1, 0.15) is 25.7 Å². The molecule has 0 aliphatic rings. The van der Waals surface area contributed by atoms with E-state index in [0.29, 0.717) is 25.7 Å². The summed E-state index contributed by atoms with van der Waals surface area (Å²) in [5.41, 5.74) is 0. The highest BCUT2D eigenvalue weighted by atomic mass is 16.5. The highest BCUT2D eigenvalue weighted by molar-refractivity contribution is 5.83. The summed E-state index contributed by atoms with van der Waals surface area (Å²) in [6.45, 7) is -0.227. The highest BCUT2D eigenvalue weighted by Crippen LogP contribution is 2.07. The van der Waals surface area contributed by atoms with Crippen molar-refractivity contribution in [1.82, 2.24) is 0 Å². The van der Waals surface area contributed by atoms with Crippen molar-refractivity contribution in [3.63, 3.8) is 0 Å². The van der Waals surface area contributed by atoms with Gasteiger partial charge in [0.05, 0.1) is 0 Å². The van der Waals surface area contributed by atoms with Gasteiger partial charge in [0.25, 0.3) is 0 Å². The van der Waals surface area contributed by atoms with Crippen LogP contribution in [0.25, 0.3) is 0 Å². The zero-order valence-corrected chi connectivity index (χ0v) is 13.7. The minimum absolute atomic E-state index is 0.113. The summed E-state index contributed by atoms with van der Waals surface area (Å²) in [7, 11) is 0. The van der Waals surface area contributed by atoms with Crippen LogP contribution in [-0.4, -0.2) is 92.1 Å². The second-order valence-electron chi connectivity index (χ2n) is 5.24. The number of ether oxygens (including phenoxy) is 2. The molecule has 0 amide bonds. The number of aliphatic hydroxyl groups excluding tert-OH is 2. The van der Waals surface area contributed by atoms with Gasteiger partial charge >= 0.3 is 23.9 Å². The van der Waals surface area contributed by atoms with Crippen LogP contribution in [0.2, 0.25) is 0 Å². The first-order chi connectivity index (χ1) is 12.1. The number of hydrogen-bond acceptors (Lipinski definition) is 8. The monoisotopic (exact) mass is 382 g/mol. The number of carboxylic acid groups (broad SMARTS) is 4. The van der Waals surface area contributed by atoms with Gasteiger partial charge in [0, 0.05) is 13.2 Å². The standard InChI is InChI=1S/C14H22O12/c15-7(11(17)18)9(13(21)22)25-5-3-1-2-4-6-26-10(14(23)24)8(16)12(19)20/h7-10,15-16H,1-6H2,(H,17,18)(H,19,20)(H,21,22)(H,23,24). The van der Waals surface area contributed by atoms with Crippen LogP contribution in [0.5, 0.6) is 0 Å². The summed E-state index contributed by atoms with van der Waals surface area (Å²) < 4.78 is 9.65. The molecule has 150 valence electrons. The molecule has 0 saturated heterocycles. The van der Waals surface area contributed by atoms with Crippen LogP contribution in [0, 0.1) is 0 Å². The lowest BCUT2D eigenvalue weighted by molar-refractivity contribution is -0.171. The van der Waals surface area contributed by atoms with Crippen molar-refractivity contribution < 1.29 is 59.3 Å². The third kappa shape index (κ3) is 8.71. The number of hydrogen-bond donors (Lipinski definition) is 6. The Hall–Kier alpha value is -2.28. The minimum atomic E-state index is -2.19. The molecular weight excluding hydrogens is 360 g/mol. The van der Waals surface area contributed by atoms with Gasteiger partial charge in [-0.25, -0.2) is 19.2 Å². The Labute approximate surface area is 147 Å².